The van der Waals surface area contributed by atoms with Crippen molar-refractivity contribution in [2.45, 2.75) is 19.4 Å². The minimum absolute atomic E-state index is 0.197. The van der Waals surface area contributed by atoms with Crippen molar-refractivity contribution in [2.24, 2.45) is 0 Å². The molecule has 0 N–H and O–H groups in total. The third kappa shape index (κ3) is 2.27. The number of fused-ring (bicyclic) bond motifs is 3. The summed E-state index contributed by atoms with van der Waals surface area (Å²) in [6.07, 6.45) is 4.25. The lowest BCUT2D eigenvalue weighted by Crippen LogP contribution is -2.03. The number of hydrogen-bond donors (Lipinski definition) is 0. The van der Waals surface area contributed by atoms with E-state index in [0.717, 1.165) is 39.8 Å². The molecule has 4 heteroatoms. The SMILES string of the molecule is Fc1cc(Br)c2c(c1)c1c(n2Cc2ccc(Cl)cc2)[CH]CC1. The second-order valence-electron chi connectivity index (χ2n) is 5.60. The Bertz CT molecular complexity index is 867. The molecule has 0 bridgehead atoms. The molecule has 0 fully saturated rings. The molecule has 1 radical (unpaired) electrons. The summed E-state index contributed by atoms with van der Waals surface area (Å²) in [5.41, 5.74) is 4.72. The number of benzene rings is 2. The van der Waals surface area contributed by atoms with Crippen molar-refractivity contribution in [3.63, 3.8) is 0 Å². The molecule has 1 nitrogen and oxygen atoms in total. The van der Waals surface area contributed by atoms with Gasteiger partial charge in [-0.2, -0.15) is 0 Å². The van der Waals surface area contributed by atoms with Gasteiger partial charge in [-0.15, -0.1) is 0 Å². The predicted molar refractivity (Wildman–Crippen MR) is 91.9 cm³/mol. The Labute approximate surface area is 141 Å². The number of aryl methyl sites for hydroxylation is 1. The van der Waals surface area contributed by atoms with Crippen LogP contribution in [-0.2, 0) is 13.0 Å². The first kappa shape index (κ1) is 14.3. The minimum atomic E-state index is -0.197. The smallest absolute Gasteiger partial charge is 0.125 e. The number of nitrogens with zero attached hydrogens (tertiary/aromatic N) is 1. The van der Waals surface area contributed by atoms with E-state index < -0.39 is 0 Å². The summed E-state index contributed by atoms with van der Waals surface area (Å²) in [7, 11) is 0. The molecule has 1 aliphatic carbocycles. The molecule has 0 saturated carbocycles. The van der Waals surface area contributed by atoms with E-state index in [9.17, 15) is 4.39 Å². The van der Waals surface area contributed by atoms with Crippen LogP contribution < -0.4 is 0 Å². The summed E-state index contributed by atoms with van der Waals surface area (Å²) < 4.78 is 16.9. The van der Waals surface area contributed by atoms with Gasteiger partial charge in [-0.3, -0.25) is 0 Å². The summed E-state index contributed by atoms with van der Waals surface area (Å²) in [5.74, 6) is -0.197. The third-order valence-corrected chi connectivity index (χ3v) is 5.07. The summed E-state index contributed by atoms with van der Waals surface area (Å²) in [6.45, 7) is 0.754. The van der Waals surface area contributed by atoms with Gasteiger partial charge in [0.1, 0.15) is 5.82 Å². The lowest BCUT2D eigenvalue weighted by Gasteiger charge is -2.11. The molecule has 0 aliphatic heterocycles. The zero-order chi connectivity index (χ0) is 15.3. The lowest BCUT2D eigenvalue weighted by atomic mass is 10.1. The Kier molecular flexibility index (Phi) is 3.50. The molecule has 0 saturated heterocycles. The number of hydrogen-bond acceptors (Lipinski definition) is 0. The van der Waals surface area contributed by atoms with Gasteiger partial charge in [0.05, 0.1) is 5.52 Å². The Hall–Kier alpha value is -1.32. The van der Waals surface area contributed by atoms with E-state index in [-0.39, 0.29) is 5.82 Å². The van der Waals surface area contributed by atoms with Crippen molar-refractivity contribution in [3.8, 4) is 0 Å². The Morgan fingerprint density at radius 1 is 1.18 bits per heavy atom. The van der Waals surface area contributed by atoms with Crippen molar-refractivity contribution in [1.82, 2.24) is 4.57 Å². The highest BCUT2D eigenvalue weighted by Gasteiger charge is 2.23. The van der Waals surface area contributed by atoms with Crippen LogP contribution in [0.4, 0.5) is 4.39 Å². The van der Waals surface area contributed by atoms with Crippen LogP contribution in [-0.4, -0.2) is 4.57 Å². The molecular weight excluding hydrogens is 365 g/mol. The Morgan fingerprint density at radius 2 is 1.95 bits per heavy atom. The summed E-state index contributed by atoms with van der Waals surface area (Å²) >= 11 is 9.49. The van der Waals surface area contributed by atoms with Crippen LogP contribution in [0.3, 0.4) is 0 Å². The number of aromatic nitrogens is 1. The highest BCUT2D eigenvalue weighted by Crippen LogP contribution is 2.38. The topological polar surface area (TPSA) is 4.93 Å². The zero-order valence-corrected chi connectivity index (χ0v) is 14.1. The molecule has 22 heavy (non-hydrogen) atoms. The summed E-state index contributed by atoms with van der Waals surface area (Å²) in [4.78, 5) is 0. The molecule has 0 spiro atoms. The average molecular weight is 378 g/mol. The van der Waals surface area contributed by atoms with Crippen molar-refractivity contribution in [3.05, 3.63) is 75.0 Å². The second kappa shape index (κ2) is 5.39. The maximum atomic E-state index is 13.8. The van der Waals surface area contributed by atoms with Gasteiger partial charge in [0.25, 0.3) is 0 Å². The van der Waals surface area contributed by atoms with Crippen LogP contribution in [0.1, 0.15) is 23.2 Å². The quantitative estimate of drug-likeness (QED) is 0.536. The molecule has 0 atom stereocenters. The molecule has 0 amide bonds. The van der Waals surface area contributed by atoms with Gasteiger partial charge in [0, 0.05) is 33.5 Å². The average Bonchev–Trinajstić information content (AvgIpc) is 3.05. The van der Waals surface area contributed by atoms with E-state index >= 15 is 0 Å². The van der Waals surface area contributed by atoms with Gasteiger partial charge < -0.3 is 4.57 Å². The van der Waals surface area contributed by atoms with Gasteiger partial charge in [0.15, 0.2) is 0 Å². The molecule has 0 unspecified atom stereocenters. The van der Waals surface area contributed by atoms with E-state index in [1.54, 1.807) is 6.07 Å². The largest absolute Gasteiger partial charge is 0.339 e. The van der Waals surface area contributed by atoms with Crippen LogP contribution in [0.25, 0.3) is 10.9 Å². The van der Waals surface area contributed by atoms with Crippen LogP contribution in [0.15, 0.2) is 40.9 Å². The molecule has 111 valence electrons. The van der Waals surface area contributed by atoms with Gasteiger partial charge in [-0.1, -0.05) is 23.7 Å². The minimum Gasteiger partial charge on any atom is -0.339 e. The summed E-state index contributed by atoms with van der Waals surface area (Å²) in [5, 5.41) is 1.76. The van der Waals surface area contributed by atoms with Crippen LogP contribution in [0.2, 0.25) is 5.02 Å². The Balaban J connectivity index is 1.91. The second-order valence-corrected chi connectivity index (χ2v) is 6.89. The molecule has 1 aliphatic rings. The molecule has 4 rings (SSSR count). The van der Waals surface area contributed by atoms with E-state index in [1.807, 2.05) is 24.3 Å². The van der Waals surface area contributed by atoms with Crippen LogP contribution >= 0.6 is 27.5 Å². The van der Waals surface area contributed by atoms with E-state index in [1.165, 1.54) is 22.9 Å². The molecular formula is C18H13BrClFN. The van der Waals surface area contributed by atoms with Crippen LogP contribution in [0.5, 0.6) is 0 Å². The van der Waals surface area contributed by atoms with E-state index in [4.69, 9.17) is 11.6 Å². The zero-order valence-electron chi connectivity index (χ0n) is 11.7. The molecule has 1 heterocycles. The maximum absolute atomic E-state index is 13.8. The fourth-order valence-electron chi connectivity index (χ4n) is 3.28. The van der Waals surface area contributed by atoms with Crippen LogP contribution in [0, 0.1) is 12.2 Å². The normalized spacial score (nSPS) is 13.8. The first-order valence-electron chi connectivity index (χ1n) is 7.21. The number of halogens is 3. The highest BCUT2D eigenvalue weighted by molar-refractivity contribution is 9.10. The highest BCUT2D eigenvalue weighted by atomic mass is 79.9. The first-order chi connectivity index (χ1) is 10.6. The molecule has 2 aromatic carbocycles. The third-order valence-electron chi connectivity index (χ3n) is 4.21. The van der Waals surface area contributed by atoms with Crippen molar-refractivity contribution in [2.75, 3.05) is 0 Å². The standard InChI is InChI=1S/C18H13BrClFN/c19-16-9-13(21)8-15-14-2-1-3-17(14)22(18(15)16)10-11-4-6-12(20)7-5-11/h3-9H,1-2,10H2. The van der Waals surface area contributed by atoms with Gasteiger partial charge >= 0.3 is 0 Å². The Morgan fingerprint density at radius 3 is 2.73 bits per heavy atom. The van der Waals surface area contributed by atoms with E-state index in [0.29, 0.717) is 0 Å². The van der Waals surface area contributed by atoms with Gasteiger partial charge in [-0.05, 0) is 64.2 Å². The predicted octanol–water partition coefficient (Wildman–Crippen LogP) is 5.74. The molecule has 3 aromatic rings. The van der Waals surface area contributed by atoms with Crippen molar-refractivity contribution >= 4 is 38.4 Å². The van der Waals surface area contributed by atoms with Crippen molar-refractivity contribution < 1.29 is 4.39 Å². The number of rotatable bonds is 2. The van der Waals surface area contributed by atoms with Crippen molar-refractivity contribution in [1.29, 1.82) is 0 Å². The monoisotopic (exact) mass is 376 g/mol. The lowest BCUT2D eigenvalue weighted by molar-refractivity contribution is 0.628. The fourth-order valence-corrected chi connectivity index (χ4v) is 4.05. The summed E-state index contributed by atoms with van der Waals surface area (Å²) in [6, 6.07) is 11.1. The van der Waals surface area contributed by atoms with Gasteiger partial charge in [0.2, 0.25) is 0 Å². The van der Waals surface area contributed by atoms with Gasteiger partial charge in [-0.25, -0.2) is 4.39 Å². The van der Waals surface area contributed by atoms with E-state index in [2.05, 4.69) is 26.9 Å². The first-order valence-corrected chi connectivity index (χ1v) is 8.38. The maximum Gasteiger partial charge on any atom is 0.125 e. The fraction of sp³-hybridized carbons (Fsp3) is 0.167. The molecule has 1 aromatic heterocycles.